The van der Waals surface area contributed by atoms with Crippen molar-refractivity contribution in [1.29, 1.82) is 0 Å². The van der Waals surface area contributed by atoms with E-state index in [0.717, 1.165) is 31.9 Å². The summed E-state index contributed by atoms with van der Waals surface area (Å²) in [7, 11) is 0. The van der Waals surface area contributed by atoms with E-state index in [4.69, 9.17) is 4.74 Å². The van der Waals surface area contributed by atoms with Crippen LogP contribution in [0.4, 0.5) is 5.69 Å². The number of rotatable bonds is 13. The SMILES string of the molecule is CCCCOc1ccc(C(C)(C)CC(C)(C)C)cc1N(CCCC)CCCC. The fourth-order valence-electron chi connectivity index (χ4n) is 4.11. The Bertz CT molecular complexity index is 548. The maximum atomic E-state index is 6.25. The highest BCUT2D eigenvalue weighted by Gasteiger charge is 2.28. The zero-order valence-corrected chi connectivity index (χ0v) is 20.2. The summed E-state index contributed by atoms with van der Waals surface area (Å²) in [5.74, 6) is 1.07. The average Bonchev–Trinajstić information content (AvgIpc) is 2.60. The van der Waals surface area contributed by atoms with Gasteiger partial charge < -0.3 is 9.64 Å². The zero-order chi connectivity index (χ0) is 21.2. The highest BCUT2D eigenvalue weighted by atomic mass is 16.5. The second-order valence-corrected chi connectivity index (χ2v) is 10.2. The van der Waals surface area contributed by atoms with Crippen LogP contribution in [-0.4, -0.2) is 19.7 Å². The number of nitrogens with zero attached hydrogens (tertiary/aromatic N) is 1. The van der Waals surface area contributed by atoms with Crippen molar-refractivity contribution in [2.24, 2.45) is 5.41 Å². The van der Waals surface area contributed by atoms with Crippen LogP contribution in [0.25, 0.3) is 0 Å². The van der Waals surface area contributed by atoms with Crippen LogP contribution in [-0.2, 0) is 5.41 Å². The van der Waals surface area contributed by atoms with Gasteiger partial charge in [-0.15, -0.1) is 0 Å². The molecule has 2 nitrogen and oxygen atoms in total. The molecule has 0 amide bonds. The molecule has 0 radical (unpaired) electrons. The van der Waals surface area contributed by atoms with E-state index in [2.05, 4.69) is 78.5 Å². The molecule has 0 aromatic heterocycles. The van der Waals surface area contributed by atoms with E-state index in [1.165, 1.54) is 49.8 Å². The van der Waals surface area contributed by atoms with E-state index in [1.807, 2.05) is 0 Å². The van der Waals surface area contributed by atoms with Gasteiger partial charge in [0.1, 0.15) is 5.75 Å². The highest BCUT2D eigenvalue weighted by Crippen LogP contribution is 2.40. The normalized spacial score (nSPS) is 12.3. The van der Waals surface area contributed by atoms with Gasteiger partial charge in [0.15, 0.2) is 0 Å². The van der Waals surface area contributed by atoms with E-state index in [0.29, 0.717) is 5.41 Å². The molecule has 1 rings (SSSR count). The van der Waals surface area contributed by atoms with Crippen molar-refractivity contribution in [3.63, 3.8) is 0 Å². The molecule has 28 heavy (non-hydrogen) atoms. The van der Waals surface area contributed by atoms with Gasteiger partial charge in [0.2, 0.25) is 0 Å². The standard InChI is InChI=1S/C26H47NO/c1-9-12-17-27(18-13-10-2)23-20-22(26(7,8)21-25(4,5)6)15-16-24(23)28-19-14-11-3/h15-16,20H,9-14,17-19,21H2,1-8H3. The third kappa shape index (κ3) is 8.45. The van der Waals surface area contributed by atoms with Gasteiger partial charge in [-0.1, -0.05) is 80.7 Å². The molecule has 2 heteroatoms. The van der Waals surface area contributed by atoms with Gasteiger partial charge in [-0.05, 0) is 54.2 Å². The van der Waals surface area contributed by atoms with Crippen molar-refractivity contribution in [1.82, 2.24) is 0 Å². The monoisotopic (exact) mass is 389 g/mol. The number of hydrogen-bond donors (Lipinski definition) is 0. The molecular weight excluding hydrogens is 342 g/mol. The number of benzene rings is 1. The van der Waals surface area contributed by atoms with Crippen LogP contribution in [0.15, 0.2) is 18.2 Å². The van der Waals surface area contributed by atoms with E-state index in [1.54, 1.807) is 0 Å². The van der Waals surface area contributed by atoms with Gasteiger partial charge >= 0.3 is 0 Å². The topological polar surface area (TPSA) is 12.5 Å². The Kier molecular flexibility index (Phi) is 10.4. The van der Waals surface area contributed by atoms with Gasteiger partial charge in [-0.2, -0.15) is 0 Å². The Hall–Kier alpha value is -1.18. The van der Waals surface area contributed by atoms with Gasteiger partial charge in [0.25, 0.3) is 0 Å². The fourth-order valence-corrected chi connectivity index (χ4v) is 4.11. The number of anilines is 1. The fraction of sp³-hybridized carbons (Fsp3) is 0.769. The molecule has 0 aliphatic heterocycles. The summed E-state index contributed by atoms with van der Waals surface area (Å²) in [6.07, 6.45) is 8.36. The van der Waals surface area contributed by atoms with Gasteiger partial charge in [-0.3, -0.25) is 0 Å². The summed E-state index contributed by atoms with van der Waals surface area (Å²) >= 11 is 0. The van der Waals surface area contributed by atoms with Crippen molar-refractivity contribution >= 4 is 5.69 Å². The Morgan fingerprint density at radius 1 is 0.821 bits per heavy atom. The van der Waals surface area contributed by atoms with Crippen molar-refractivity contribution in [2.75, 3.05) is 24.6 Å². The van der Waals surface area contributed by atoms with Crippen molar-refractivity contribution in [2.45, 2.75) is 106 Å². The Labute approximate surface area is 176 Å². The lowest BCUT2D eigenvalue weighted by atomic mass is 9.72. The molecule has 162 valence electrons. The van der Waals surface area contributed by atoms with Crippen molar-refractivity contribution in [3.05, 3.63) is 23.8 Å². The minimum absolute atomic E-state index is 0.149. The molecule has 0 saturated heterocycles. The van der Waals surface area contributed by atoms with Crippen molar-refractivity contribution in [3.8, 4) is 5.75 Å². The highest BCUT2D eigenvalue weighted by molar-refractivity contribution is 5.61. The smallest absolute Gasteiger partial charge is 0.142 e. The van der Waals surface area contributed by atoms with Gasteiger partial charge in [-0.25, -0.2) is 0 Å². The summed E-state index contributed by atoms with van der Waals surface area (Å²) in [5, 5.41) is 0. The zero-order valence-electron chi connectivity index (χ0n) is 20.2. The molecule has 1 aromatic rings. The largest absolute Gasteiger partial charge is 0.491 e. The van der Waals surface area contributed by atoms with Crippen LogP contribution in [0, 0.1) is 5.41 Å². The average molecular weight is 390 g/mol. The second kappa shape index (κ2) is 11.7. The van der Waals surface area contributed by atoms with Gasteiger partial charge in [0.05, 0.1) is 12.3 Å². The van der Waals surface area contributed by atoms with E-state index in [-0.39, 0.29) is 5.41 Å². The summed E-state index contributed by atoms with van der Waals surface area (Å²) in [4.78, 5) is 2.57. The predicted molar refractivity (Wildman–Crippen MR) is 126 cm³/mol. The van der Waals surface area contributed by atoms with Crippen LogP contribution < -0.4 is 9.64 Å². The van der Waals surface area contributed by atoms with Crippen molar-refractivity contribution < 1.29 is 4.74 Å². The first kappa shape index (κ1) is 24.9. The Balaban J connectivity index is 3.26. The number of ether oxygens (including phenoxy) is 1. The quantitative estimate of drug-likeness (QED) is 0.317. The molecule has 0 heterocycles. The van der Waals surface area contributed by atoms with E-state index in [9.17, 15) is 0 Å². The maximum Gasteiger partial charge on any atom is 0.142 e. The molecular formula is C26H47NO. The molecule has 0 atom stereocenters. The lowest BCUT2D eigenvalue weighted by molar-refractivity contribution is 0.283. The summed E-state index contributed by atoms with van der Waals surface area (Å²) in [6.45, 7) is 21.6. The molecule has 0 bridgehead atoms. The maximum absolute atomic E-state index is 6.25. The first-order valence-electron chi connectivity index (χ1n) is 11.7. The van der Waals surface area contributed by atoms with E-state index < -0.39 is 0 Å². The summed E-state index contributed by atoms with van der Waals surface area (Å²) < 4.78 is 6.25. The van der Waals surface area contributed by atoms with Crippen LogP contribution in [0.3, 0.4) is 0 Å². The minimum Gasteiger partial charge on any atom is -0.491 e. The lowest BCUT2D eigenvalue weighted by Gasteiger charge is -2.35. The summed E-state index contributed by atoms with van der Waals surface area (Å²) in [6, 6.07) is 6.96. The molecule has 0 fully saturated rings. The molecule has 0 aliphatic carbocycles. The van der Waals surface area contributed by atoms with E-state index >= 15 is 0 Å². The van der Waals surface area contributed by atoms with Gasteiger partial charge in [0, 0.05) is 13.1 Å². The molecule has 0 saturated carbocycles. The summed E-state index contributed by atoms with van der Waals surface area (Å²) in [5.41, 5.74) is 3.19. The Morgan fingerprint density at radius 3 is 1.89 bits per heavy atom. The van der Waals surface area contributed by atoms with Crippen LogP contribution in [0.2, 0.25) is 0 Å². The number of hydrogen-bond acceptors (Lipinski definition) is 2. The number of unbranched alkanes of at least 4 members (excludes halogenated alkanes) is 3. The first-order chi connectivity index (χ1) is 13.1. The van der Waals surface area contributed by atoms with Crippen LogP contribution in [0.5, 0.6) is 5.75 Å². The molecule has 0 unspecified atom stereocenters. The third-order valence-corrected chi connectivity index (χ3v) is 5.37. The van der Waals surface area contributed by atoms with Crippen LogP contribution in [0.1, 0.15) is 106 Å². The van der Waals surface area contributed by atoms with Crippen LogP contribution >= 0.6 is 0 Å². The Morgan fingerprint density at radius 2 is 1.39 bits per heavy atom. The lowest BCUT2D eigenvalue weighted by Crippen LogP contribution is -2.28. The predicted octanol–water partition coefficient (Wildman–Crippen LogP) is 7.99. The molecule has 1 aromatic carbocycles. The third-order valence-electron chi connectivity index (χ3n) is 5.37. The molecule has 0 spiro atoms. The minimum atomic E-state index is 0.149. The second-order valence-electron chi connectivity index (χ2n) is 10.2. The molecule has 0 aliphatic rings. The first-order valence-corrected chi connectivity index (χ1v) is 11.7. The molecule has 0 N–H and O–H groups in total.